The molecule has 3 rings (SSSR count). The van der Waals surface area contributed by atoms with Crippen LogP contribution in [0.5, 0.6) is 0 Å². The van der Waals surface area contributed by atoms with Crippen LogP contribution >= 0.6 is 0 Å². The van der Waals surface area contributed by atoms with E-state index in [-0.39, 0.29) is 22.0 Å². The smallest absolute Gasteiger partial charge is 0.478 e. The third-order valence-corrected chi connectivity index (χ3v) is 8.14. The number of rotatable bonds is 9. The number of sulfonamides is 1. The number of nitrogens with one attached hydrogen (secondary N) is 1. The first-order valence-corrected chi connectivity index (χ1v) is 14.1. The van der Waals surface area contributed by atoms with Gasteiger partial charge in [0, 0.05) is 26.3 Å². The Bertz CT molecular complexity index is 1590. The van der Waals surface area contributed by atoms with Crippen molar-refractivity contribution in [2.24, 2.45) is 7.05 Å². The second kappa shape index (κ2) is 13.2. The third kappa shape index (κ3) is 8.44. The molecule has 11 nitrogen and oxygen atoms in total. The van der Waals surface area contributed by atoms with Crippen molar-refractivity contribution in [1.82, 2.24) is 14.8 Å². The predicted molar refractivity (Wildman–Crippen MR) is 151 cm³/mol. The lowest BCUT2D eigenvalue weighted by Crippen LogP contribution is -2.23. The van der Waals surface area contributed by atoms with Crippen molar-refractivity contribution in [1.29, 1.82) is 0 Å². The van der Waals surface area contributed by atoms with Gasteiger partial charge in [-0.2, -0.15) is 18.3 Å². The number of carboxylic acid groups (broad SMARTS) is 2. The largest absolute Gasteiger partial charge is 0.490 e. The van der Waals surface area contributed by atoms with E-state index in [2.05, 4.69) is 14.8 Å². The van der Waals surface area contributed by atoms with Crippen LogP contribution in [-0.2, 0) is 28.3 Å². The molecule has 0 aliphatic heterocycles. The summed E-state index contributed by atoms with van der Waals surface area (Å²) in [5.74, 6) is -3.66. The standard InChI is InChI=1S/C25H33N5O4S.C2HF3O2/c1-15-11-17(3)23(12-16(15)2)35(33,34)28-20-13-22(25(31)32)24(26-14-20)29(6)10-8-9-21-18(4)27-30(7)19(21)5;3-2(4,5)1(6)7/h11-14,28H,8-10H2,1-7H3,(H,31,32);(H,6,7). The van der Waals surface area contributed by atoms with Gasteiger partial charge in [-0.25, -0.2) is 23.0 Å². The number of aryl methyl sites for hydroxylation is 5. The lowest BCUT2D eigenvalue weighted by Gasteiger charge is -2.21. The lowest BCUT2D eigenvalue weighted by atomic mass is 10.1. The number of benzene rings is 1. The van der Waals surface area contributed by atoms with E-state index in [9.17, 15) is 31.5 Å². The van der Waals surface area contributed by atoms with E-state index in [1.807, 2.05) is 45.5 Å². The Balaban J connectivity index is 0.000000782. The van der Waals surface area contributed by atoms with Crippen LogP contribution in [-0.4, -0.2) is 65.1 Å². The minimum Gasteiger partial charge on any atom is -0.478 e. The molecule has 42 heavy (non-hydrogen) atoms. The monoisotopic (exact) mass is 613 g/mol. The average molecular weight is 614 g/mol. The molecular weight excluding hydrogens is 579 g/mol. The first-order valence-electron chi connectivity index (χ1n) is 12.6. The molecular formula is C27H34F3N5O6S. The lowest BCUT2D eigenvalue weighted by molar-refractivity contribution is -0.192. The summed E-state index contributed by atoms with van der Waals surface area (Å²) in [5.41, 5.74) is 5.79. The maximum absolute atomic E-state index is 13.0. The van der Waals surface area contributed by atoms with Crippen LogP contribution in [0.3, 0.4) is 0 Å². The number of carboxylic acids is 2. The fourth-order valence-electron chi connectivity index (χ4n) is 4.19. The fourth-order valence-corrected chi connectivity index (χ4v) is 5.53. The van der Waals surface area contributed by atoms with E-state index in [4.69, 9.17) is 9.90 Å². The Morgan fingerprint density at radius 3 is 2.10 bits per heavy atom. The molecule has 0 radical (unpaired) electrons. The van der Waals surface area contributed by atoms with Gasteiger partial charge in [0.15, 0.2) is 0 Å². The molecule has 0 fully saturated rings. The van der Waals surface area contributed by atoms with Crippen molar-refractivity contribution >= 4 is 33.5 Å². The highest BCUT2D eigenvalue weighted by Gasteiger charge is 2.38. The molecule has 230 valence electrons. The molecule has 3 N–H and O–H groups in total. The summed E-state index contributed by atoms with van der Waals surface area (Å²) >= 11 is 0. The van der Waals surface area contributed by atoms with Gasteiger partial charge in [-0.15, -0.1) is 0 Å². The molecule has 0 aliphatic carbocycles. The SMILES string of the molecule is Cc1cc(C)c(S(=O)(=O)Nc2cnc(N(C)CCCc3c(C)nn(C)c3C)c(C(=O)O)c2)cc1C.O=C(O)C(F)(F)F. The molecule has 0 spiro atoms. The maximum atomic E-state index is 13.0. The maximum Gasteiger partial charge on any atom is 0.490 e. The number of aromatic carboxylic acids is 1. The van der Waals surface area contributed by atoms with Gasteiger partial charge in [0.1, 0.15) is 11.4 Å². The van der Waals surface area contributed by atoms with Crippen molar-refractivity contribution in [3.63, 3.8) is 0 Å². The number of halogens is 3. The number of carbonyl (C=O) groups is 2. The highest BCUT2D eigenvalue weighted by atomic mass is 32.2. The minimum atomic E-state index is -5.08. The number of alkyl halides is 3. The van der Waals surface area contributed by atoms with Crippen molar-refractivity contribution in [2.75, 3.05) is 23.2 Å². The summed E-state index contributed by atoms with van der Waals surface area (Å²) in [6, 6.07) is 4.74. The van der Waals surface area contributed by atoms with Crippen LogP contribution < -0.4 is 9.62 Å². The van der Waals surface area contributed by atoms with Crippen LogP contribution in [0.4, 0.5) is 24.7 Å². The zero-order valence-electron chi connectivity index (χ0n) is 24.3. The van der Waals surface area contributed by atoms with Gasteiger partial charge in [-0.05, 0) is 81.8 Å². The number of anilines is 2. The summed E-state index contributed by atoms with van der Waals surface area (Å²) in [6.07, 6.45) is -2.14. The Hall–Kier alpha value is -4.14. The van der Waals surface area contributed by atoms with E-state index in [0.29, 0.717) is 12.1 Å². The average Bonchev–Trinajstić information content (AvgIpc) is 3.11. The van der Waals surface area contributed by atoms with Crippen LogP contribution in [0.2, 0.25) is 0 Å². The number of pyridine rings is 1. The second-order valence-electron chi connectivity index (χ2n) is 9.81. The summed E-state index contributed by atoms with van der Waals surface area (Å²) < 4.78 is 62.1. The Morgan fingerprint density at radius 1 is 1.02 bits per heavy atom. The molecule has 2 aromatic heterocycles. The van der Waals surface area contributed by atoms with Crippen LogP contribution in [0.15, 0.2) is 29.3 Å². The molecule has 0 aliphatic rings. The van der Waals surface area contributed by atoms with E-state index in [1.54, 1.807) is 24.9 Å². The Morgan fingerprint density at radius 2 is 1.60 bits per heavy atom. The Labute approximate surface area is 242 Å². The molecule has 15 heteroatoms. The first kappa shape index (κ1) is 34.1. The van der Waals surface area contributed by atoms with Crippen LogP contribution in [0.1, 0.15) is 50.4 Å². The van der Waals surface area contributed by atoms with Gasteiger partial charge in [-0.3, -0.25) is 9.40 Å². The second-order valence-corrected chi connectivity index (χ2v) is 11.5. The number of nitrogens with zero attached hydrogens (tertiary/aromatic N) is 4. The van der Waals surface area contributed by atoms with Crippen molar-refractivity contribution < 1.29 is 41.4 Å². The Kier molecular flexibility index (Phi) is 10.7. The van der Waals surface area contributed by atoms with E-state index < -0.39 is 28.1 Å². The van der Waals surface area contributed by atoms with E-state index in [0.717, 1.165) is 35.4 Å². The van der Waals surface area contributed by atoms with Gasteiger partial charge in [-0.1, -0.05) is 6.07 Å². The summed E-state index contributed by atoms with van der Waals surface area (Å²) in [5, 5.41) is 21.4. The summed E-state index contributed by atoms with van der Waals surface area (Å²) in [7, 11) is -0.222. The van der Waals surface area contributed by atoms with Crippen molar-refractivity contribution in [3.8, 4) is 0 Å². The fraction of sp³-hybridized carbons (Fsp3) is 0.407. The van der Waals surface area contributed by atoms with Crippen LogP contribution in [0.25, 0.3) is 0 Å². The highest BCUT2D eigenvalue weighted by molar-refractivity contribution is 7.92. The van der Waals surface area contributed by atoms with Gasteiger partial charge in [0.25, 0.3) is 10.0 Å². The quantitative estimate of drug-likeness (QED) is 0.315. The molecule has 3 aromatic rings. The van der Waals surface area contributed by atoms with E-state index in [1.165, 1.54) is 17.8 Å². The summed E-state index contributed by atoms with van der Waals surface area (Å²) in [6.45, 7) is 10.1. The normalized spacial score (nSPS) is 11.5. The van der Waals surface area contributed by atoms with Gasteiger partial charge in [0.2, 0.25) is 0 Å². The number of hydrogen-bond acceptors (Lipinski definition) is 7. The molecule has 2 heterocycles. The first-order chi connectivity index (χ1) is 19.3. The number of aliphatic carboxylic acids is 1. The molecule has 1 aromatic carbocycles. The molecule has 0 bridgehead atoms. The zero-order valence-corrected chi connectivity index (χ0v) is 25.1. The van der Waals surface area contributed by atoms with Gasteiger partial charge in [0.05, 0.1) is 22.5 Å². The molecule has 0 saturated carbocycles. The van der Waals surface area contributed by atoms with Gasteiger partial charge >= 0.3 is 18.1 Å². The molecule has 0 saturated heterocycles. The third-order valence-electron chi connectivity index (χ3n) is 6.61. The van der Waals surface area contributed by atoms with Crippen molar-refractivity contribution in [2.45, 2.75) is 58.5 Å². The molecule has 0 unspecified atom stereocenters. The topological polar surface area (TPSA) is 155 Å². The minimum absolute atomic E-state index is 0.0711. The predicted octanol–water partition coefficient (Wildman–Crippen LogP) is 4.56. The van der Waals surface area contributed by atoms with E-state index >= 15 is 0 Å². The molecule has 0 amide bonds. The summed E-state index contributed by atoms with van der Waals surface area (Å²) in [4.78, 5) is 27.1. The highest BCUT2D eigenvalue weighted by Crippen LogP contribution is 2.26. The number of hydrogen-bond donors (Lipinski definition) is 3. The molecule has 0 atom stereocenters. The van der Waals surface area contributed by atoms with Crippen molar-refractivity contribution in [3.05, 3.63) is 63.6 Å². The number of aromatic nitrogens is 3. The van der Waals surface area contributed by atoms with Gasteiger partial charge < -0.3 is 15.1 Å². The van der Waals surface area contributed by atoms with Crippen LogP contribution in [0, 0.1) is 34.6 Å². The zero-order chi connectivity index (χ0) is 32.2.